The molecular weight excluding hydrogens is 388 g/mol. The highest BCUT2D eigenvalue weighted by Gasteiger charge is 2.45. The smallest absolute Gasteiger partial charge is 0.241 e. The SMILES string of the molecule is CC1=CN=CC(N2C(=O)C(C)(C)c3ccc(-c4cnc(C)nc4)cc32)=CC1.CCOC. The second kappa shape index (κ2) is 9.35. The molecule has 1 aromatic carbocycles. The standard InChI is InChI=1S/C22H22N4O.C3H8O/c1-14-5-7-18(13-23-10-14)26-20-9-16(17-11-24-15(2)25-12-17)6-8-19(20)22(3,4)21(26)27;1-3-4-2/h6-13H,5H2,1-4H3;3H2,1-2H3. The number of hydrogen-bond acceptors (Lipinski definition) is 5. The third kappa shape index (κ3) is 4.64. The van der Waals surface area contributed by atoms with Crippen LogP contribution < -0.4 is 4.90 Å². The average molecular weight is 419 g/mol. The number of ether oxygens (including phenoxy) is 1. The minimum absolute atomic E-state index is 0.0621. The van der Waals surface area contributed by atoms with Crippen molar-refractivity contribution in [3.63, 3.8) is 0 Å². The molecule has 6 nitrogen and oxygen atoms in total. The zero-order chi connectivity index (χ0) is 22.6. The third-order valence-electron chi connectivity index (χ3n) is 5.45. The Kier molecular flexibility index (Phi) is 6.81. The molecule has 6 heteroatoms. The fraction of sp³-hybridized carbons (Fsp3) is 0.360. The molecule has 0 N–H and O–H groups in total. The summed E-state index contributed by atoms with van der Waals surface area (Å²) in [4.78, 5) is 28.0. The highest BCUT2D eigenvalue weighted by Crippen LogP contribution is 2.45. The summed E-state index contributed by atoms with van der Waals surface area (Å²) >= 11 is 0. The van der Waals surface area contributed by atoms with Crippen molar-refractivity contribution in [2.75, 3.05) is 18.6 Å². The van der Waals surface area contributed by atoms with Crippen molar-refractivity contribution in [3.8, 4) is 11.1 Å². The largest absolute Gasteiger partial charge is 0.385 e. The first-order valence-electron chi connectivity index (χ1n) is 10.5. The monoisotopic (exact) mass is 418 g/mol. The normalized spacial score (nSPS) is 16.7. The van der Waals surface area contributed by atoms with Gasteiger partial charge in [-0.15, -0.1) is 0 Å². The molecule has 2 aliphatic heterocycles. The number of benzene rings is 1. The van der Waals surface area contributed by atoms with Crippen molar-refractivity contribution in [1.29, 1.82) is 0 Å². The quantitative estimate of drug-likeness (QED) is 0.704. The third-order valence-corrected chi connectivity index (χ3v) is 5.45. The van der Waals surface area contributed by atoms with E-state index in [1.165, 1.54) is 0 Å². The molecule has 4 rings (SSSR count). The zero-order valence-electron chi connectivity index (χ0n) is 19.1. The summed E-state index contributed by atoms with van der Waals surface area (Å²) in [5.41, 5.74) is 5.25. The number of rotatable bonds is 3. The van der Waals surface area contributed by atoms with Crippen molar-refractivity contribution in [1.82, 2.24) is 9.97 Å². The van der Waals surface area contributed by atoms with Gasteiger partial charge in [-0.05, 0) is 58.2 Å². The molecule has 0 saturated carbocycles. The maximum Gasteiger partial charge on any atom is 0.241 e. The lowest BCUT2D eigenvalue weighted by Crippen LogP contribution is -2.36. The second-order valence-corrected chi connectivity index (χ2v) is 8.18. The number of amides is 1. The number of nitrogens with zero attached hydrogens (tertiary/aromatic N) is 4. The van der Waals surface area contributed by atoms with E-state index in [0.717, 1.165) is 52.5 Å². The summed E-state index contributed by atoms with van der Waals surface area (Å²) in [6.07, 6.45) is 10.1. The number of fused-ring (bicyclic) bond motifs is 1. The van der Waals surface area contributed by atoms with Crippen LogP contribution in [0, 0.1) is 6.92 Å². The first kappa shape index (κ1) is 22.6. The van der Waals surface area contributed by atoms with Crippen LogP contribution in [0.1, 0.15) is 45.5 Å². The van der Waals surface area contributed by atoms with Crippen LogP contribution in [0.4, 0.5) is 5.69 Å². The first-order chi connectivity index (χ1) is 14.8. The number of carbonyl (C=O) groups is 1. The average Bonchev–Trinajstić information content (AvgIpc) is 2.89. The number of aryl methyl sites for hydroxylation is 1. The Morgan fingerprint density at radius 3 is 2.45 bits per heavy atom. The fourth-order valence-electron chi connectivity index (χ4n) is 3.49. The summed E-state index contributed by atoms with van der Waals surface area (Å²) in [5.74, 6) is 0.799. The molecule has 1 amide bonds. The summed E-state index contributed by atoms with van der Waals surface area (Å²) in [6.45, 7) is 10.6. The van der Waals surface area contributed by atoms with Gasteiger partial charge in [0.1, 0.15) is 5.82 Å². The van der Waals surface area contributed by atoms with Gasteiger partial charge in [0.05, 0.1) is 23.0 Å². The fourth-order valence-corrected chi connectivity index (χ4v) is 3.49. The number of allylic oxidation sites excluding steroid dienone is 3. The predicted molar refractivity (Wildman–Crippen MR) is 125 cm³/mol. The molecule has 162 valence electrons. The topological polar surface area (TPSA) is 67.7 Å². The van der Waals surface area contributed by atoms with E-state index in [2.05, 4.69) is 31.8 Å². The Bertz CT molecular complexity index is 1050. The van der Waals surface area contributed by atoms with Crippen LogP contribution in [-0.2, 0) is 14.9 Å². The van der Waals surface area contributed by atoms with Gasteiger partial charge in [-0.3, -0.25) is 14.7 Å². The summed E-state index contributed by atoms with van der Waals surface area (Å²) in [5, 5.41) is 0. The van der Waals surface area contributed by atoms with Gasteiger partial charge >= 0.3 is 0 Å². The zero-order valence-corrected chi connectivity index (χ0v) is 19.1. The lowest BCUT2D eigenvalue weighted by atomic mass is 9.85. The Hall–Kier alpha value is -3.12. The van der Waals surface area contributed by atoms with Crippen molar-refractivity contribution in [2.45, 2.75) is 46.5 Å². The van der Waals surface area contributed by atoms with Crippen molar-refractivity contribution >= 4 is 17.8 Å². The molecule has 0 bridgehead atoms. The Morgan fingerprint density at radius 2 is 1.81 bits per heavy atom. The van der Waals surface area contributed by atoms with Crippen LogP contribution in [0.3, 0.4) is 0 Å². The van der Waals surface area contributed by atoms with E-state index >= 15 is 0 Å². The van der Waals surface area contributed by atoms with Crippen LogP contribution in [-0.4, -0.2) is 35.8 Å². The van der Waals surface area contributed by atoms with Gasteiger partial charge in [-0.1, -0.05) is 23.8 Å². The molecule has 0 saturated heterocycles. The number of anilines is 1. The van der Waals surface area contributed by atoms with Crippen molar-refractivity contribution in [2.24, 2.45) is 4.99 Å². The van der Waals surface area contributed by atoms with Gasteiger partial charge in [0, 0.05) is 37.9 Å². The minimum atomic E-state index is -0.582. The molecule has 0 fully saturated rings. The molecule has 0 radical (unpaired) electrons. The van der Waals surface area contributed by atoms with Crippen LogP contribution in [0.15, 0.2) is 59.1 Å². The number of aliphatic imine (C=N–C) groups is 1. The van der Waals surface area contributed by atoms with Crippen LogP contribution in [0.25, 0.3) is 11.1 Å². The number of aromatic nitrogens is 2. The van der Waals surface area contributed by atoms with E-state index in [9.17, 15) is 4.79 Å². The van der Waals surface area contributed by atoms with Gasteiger partial charge in [-0.25, -0.2) is 9.97 Å². The second-order valence-electron chi connectivity index (χ2n) is 8.18. The Labute approximate surface area is 184 Å². The lowest BCUT2D eigenvalue weighted by molar-refractivity contribution is -0.121. The maximum absolute atomic E-state index is 13.3. The van der Waals surface area contributed by atoms with E-state index in [1.807, 2.05) is 65.3 Å². The molecular formula is C25H30N4O2. The number of carbonyl (C=O) groups excluding carboxylic acids is 1. The van der Waals surface area contributed by atoms with Crippen LogP contribution in [0.5, 0.6) is 0 Å². The van der Waals surface area contributed by atoms with Crippen molar-refractivity contribution < 1.29 is 9.53 Å². The highest BCUT2D eigenvalue weighted by molar-refractivity contribution is 6.14. The number of methoxy groups -OCH3 is 1. The van der Waals surface area contributed by atoms with Crippen molar-refractivity contribution in [3.05, 3.63) is 65.5 Å². The molecule has 1 aromatic heterocycles. The van der Waals surface area contributed by atoms with E-state index < -0.39 is 5.41 Å². The Morgan fingerprint density at radius 1 is 1.13 bits per heavy atom. The summed E-state index contributed by atoms with van der Waals surface area (Å²) in [6, 6.07) is 6.13. The van der Waals surface area contributed by atoms with Gasteiger partial charge in [0.15, 0.2) is 0 Å². The van der Waals surface area contributed by atoms with Crippen LogP contribution in [0.2, 0.25) is 0 Å². The van der Waals surface area contributed by atoms with E-state index in [1.54, 1.807) is 18.2 Å². The van der Waals surface area contributed by atoms with Gasteiger partial charge in [0.2, 0.25) is 5.91 Å². The van der Waals surface area contributed by atoms with Gasteiger partial charge in [-0.2, -0.15) is 0 Å². The molecule has 0 atom stereocenters. The highest BCUT2D eigenvalue weighted by atomic mass is 16.5. The molecule has 3 heterocycles. The molecule has 2 aliphatic rings. The van der Waals surface area contributed by atoms with Gasteiger partial charge in [0.25, 0.3) is 0 Å². The molecule has 31 heavy (non-hydrogen) atoms. The molecule has 0 aliphatic carbocycles. The first-order valence-corrected chi connectivity index (χ1v) is 10.5. The summed E-state index contributed by atoms with van der Waals surface area (Å²) in [7, 11) is 1.68. The van der Waals surface area contributed by atoms with E-state index in [0.29, 0.717) is 0 Å². The molecule has 0 unspecified atom stereocenters. The minimum Gasteiger partial charge on any atom is -0.385 e. The lowest BCUT2D eigenvalue weighted by Gasteiger charge is -2.21. The van der Waals surface area contributed by atoms with E-state index in [4.69, 9.17) is 0 Å². The van der Waals surface area contributed by atoms with Gasteiger partial charge < -0.3 is 4.74 Å². The number of hydrogen-bond donors (Lipinski definition) is 0. The summed E-state index contributed by atoms with van der Waals surface area (Å²) < 4.78 is 4.54. The Balaban J connectivity index is 0.000000628. The maximum atomic E-state index is 13.3. The van der Waals surface area contributed by atoms with E-state index in [-0.39, 0.29) is 5.91 Å². The van der Waals surface area contributed by atoms with Crippen LogP contribution >= 0.6 is 0 Å². The molecule has 0 spiro atoms. The molecule has 2 aromatic rings. The predicted octanol–water partition coefficient (Wildman–Crippen LogP) is 4.99.